The molecule has 1 atom stereocenters. The molecule has 0 heterocycles. The zero-order valence-corrected chi connectivity index (χ0v) is 13.0. The van der Waals surface area contributed by atoms with Gasteiger partial charge in [-0.15, -0.1) is 0 Å². The van der Waals surface area contributed by atoms with E-state index in [0.29, 0.717) is 16.7 Å². The number of carbonyl (C=O) groups is 2. The number of likely N-dealkylation sites (N-methyl/N-ethyl adjacent to an activating group) is 1. The van der Waals surface area contributed by atoms with Crippen LogP contribution >= 0.6 is 0 Å². The topological polar surface area (TPSA) is 49.4 Å². The quantitative estimate of drug-likeness (QED) is 0.729. The lowest BCUT2D eigenvalue weighted by atomic mass is 10.2. The fourth-order valence-electron chi connectivity index (χ4n) is 2.02. The number of rotatable bonds is 7. The fraction of sp³-hybridized carbons (Fsp3) is 0.625. The van der Waals surface area contributed by atoms with Crippen molar-refractivity contribution in [2.45, 2.75) is 37.9 Å². The monoisotopic (exact) mass is 330 g/mol. The van der Waals surface area contributed by atoms with Gasteiger partial charge in [0.15, 0.2) is 0 Å². The van der Waals surface area contributed by atoms with Gasteiger partial charge in [0.25, 0.3) is 0 Å². The van der Waals surface area contributed by atoms with Crippen molar-refractivity contribution in [2.24, 2.45) is 11.8 Å². The minimum absolute atomic E-state index is 0.309. The van der Waals surface area contributed by atoms with Crippen LogP contribution in [0.25, 0.3) is 0 Å². The highest BCUT2D eigenvalue weighted by Crippen LogP contribution is 2.31. The van der Waals surface area contributed by atoms with Gasteiger partial charge in [-0.3, -0.25) is 9.59 Å². The van der Waals surface area contributed by atoms with Crippen LogP contribution in [0, 0.1) is 11.8 Å². The van der Waals surface area contributed by atoms with Crippen molar-refractivity contribution < 1.29 is 22.8 Å². The van der Waals surface area contributed by atoms with E-state index in [0.717, 1.165) is 32.7 Å². The number of allylic oxidation sites excluding steroid dienone is 2. The molecule has 128 valence electrons. The number of amides is 2. The normalized spacial score (nSPS) is 20.0. The lowest BCUT2D eigenvalue weighted by molar-refractivity contribution is -0.183. The third-order valence-corrected chi connectivity index (χ3v) is 3.94. The Morgan fingerprint density at radius 2 is 1.65 bits per heavy atom. The molecule has 0 aromatic rings. The van der Waals surface area contributed by atoms with E-state index in [1.807, 2.05) is 0 Å². The van der Waals surface area contributed by atoms with Gasteiger partial charge in [-0.25, -0.2) is 0 Å². The summed E-state index contributed by atoms with van der Waals surface area (Å²) in [4.78, 5) is 24.0. The lowest BCUT2D eigenvalue weighted by Crippen LogP contribution is -2.52. The second-order valence-electron chi connectivity index (χ2n) is 6.14. The first kappa shape index (κ1) is 17.6. The third kappa shape index (κ3) is 6.08. The molecule has 0 saturated heterocycles. The second kappa shape index (κ2) is 7.19. The van der Waals surface area contributed by atoms with Crippen LogP contribution in [0.4, 0.5) is 13.2 Å². The fourth-order valence-corrected chi connectivity index (χ4v) is 2.02. The van der Waals surface area contributed by atoms with Gasteiger partial charge in [0, 0.05) is 13.6 Å². The van der Waals surface area contributed by atoms with E-state index in [9.17, 15) is 22.8 Å². The van der Waals surface area contributed by atoms with Gasteiger partial charge in [-0.05, 0) is 49.7 Å². The first-order valence-corrected chi connectivity index (χ1v) is 7.75. The largest absolute Gasteiger partial charge is 0.410 e. The van der Waals surface area contributed by atoms with Crippen molar-refractivity contribution in [1.29, 1.82) is 0 Å². The molecule has 0 radical (unpaired) electrons. The highest BCUT2D eigenvalue weighted by molar-refractivity contribution is 5.88. The molecule has 2 aliphatic rings. The molecule has 2 aliphatic carbocycles. The summed E-state index contributed by atoms with van der Waals surface area (Å²) in [5.74, 6) is -0.595. The summed E-state index contributed by atoms with van der Waals surface area (Å²) in [5, 5.41) is 2.22. The van der Waals surface area contributed by atoms with Crippen molar-refractivity contribution in [2.75, 3.05) is 13.6 Å². The molecular formula is C16H21F3N2O2. The summed E-state index contributed by atoms with van der Waals surface area (Å²) in [7, 11) is 1.10. The minimum Gasteiger partial charge on any atom is -0.350 e. The minimum atomic E-state index is -4.61. The molecule has 0 aliphatic heterocycles. The Morgan fingerprint density at radius 3 is 2.13 bits per heavy atom. The van der Waals surface area contributed by atoms with Crippen LogP contribution in [0.3, 0.4) is 0 Å². The van der Waals surface area contributed by atoms with E-state index in [-0.39, 0.29) is 0 Å². The van der Waals surface area contributed by atoms with Crippen LogP contribution in [0.2, 0.25) is 0 Å². The van der Waals surface area contributed by atoms with E-state index >= 15 is 0 Å². The van der Waals surface area contributed by atoms with E-state index in [1.54, 1.807) is 12.2 Å². The summed E-state index contributed by atoms with van der Waals surface area (Å²) in [6, 6.07) is -2.04. The molecule has 2 saturated carbocycles. The number of nitrogens with zero attached hydrogens (tertiary/aromatic N) is 1. The molecule has 1 unspecified atom stereocenters. The van der Waals surface area contributed by atoms with Crippen molar-refractivity contribution in [3.05, 3.63) is 24.3 Å². The maximum absolute atomic E-state index is 13.1. The second-order valence-corrected chi connectivity index (χ2v) is 6.14. The lowest BCUT2D eigenvalue weighted by Gasteiger charge is -2.29. The van der Waals surface area contributed by atoms with E-state index in [2.05, 4.69) is 5.32 Å². The van der Waals surface area contributed by atoms with Crippen LogP contribution in [-0.4, -0.2) is 42.5 Å². The van der Waals surface area contributed by atoms with Crippen molar-refractivity contribution in [1.82, 2.24) is 10.2 Å². The molecule has 0 spiro atoms. The van der Waals surface area contributed by atoms with Gasteiger partial charge in [-0.2, -0.15) is 13.2 Å². The number of hydrogen-bond acceptors (Lipinski definition) is 2. The Kier molecular flexibility index (Phi) is 5.49. The third-order valence-electron chi connectivity index (χ3n) is 3.94. The number of alkyl halides is 3. The molecule has 0 aromatic carbocycles. The summed E-state index contributed by atoms with van der Waals surface area (Å²) in [5.41, 5.74) is 0. The molecule has 7 heteroatoms. The highest BCUT2D eigenvalue weighted by atomic mass is 19.4. The zero-order chi connectivity index (χ0) is 17.0. The number of hydrogen-bond donors (Lipinski definition) is 1. The molecule has 23 heavy (non-hydrogen) atoms. The van der Waals surface area contributed by atoms with E-state index < -0.39 is 30.6 Å². The average Bonchev–Trinajstić information content (AvgIpc) is 3.35. The first-order chi connectivity index (χ1) is 10.8. The Morgan fingerprint density at radius 1 is 1.13 bits per heavy atom. The first-order valence-electron chi connectivity index (χ1n) is 7.75. The maximum Gasteiger partial charge on any atom is 0.410 e. The smallest absolute Gasteiger partial charge is 0.350 e. The van der Waals surface area contributed by atoms with Gasteiger partial charge in [0.2, 0.25) is 11.8 Å². The molecule has 2 amide bonds. The Balaban J connectivity index is 1.89. The Labute approximate surface area is 133 Å². The van der Waals surface area contributed by atoms with Crippen LogP contribution in [0.1, 0.15) is 25.7 Å². The molecule has 0 bridgehead atoms. The predicted molar refractivity (Wildman–Crippen MR) is 79.4 cm³/mol. The van der Waals surface area contributed by atoms with Crippen molar-refractivity contribution >= 4 is 11.8 Å². The van der Waals surface area contributed by atoms with Gasteiger partial charge >= 0.3 is 6.18 Å². The van der Waals surface area contributed by atoms with Gasteiger partial charge in [0.05, 0.1) is 0 Å². The Hall–Kier alpha value is -1.79. The van der Waals surface area contributed by atoms with Crippen molar-refractivity contribution in [3.63, 3.8) is 0 Å². The summed E-state index contributed by atoms with van der Waals surface area (Å²) < 4.78 is 39.4. The summed E-state index contributed by atoms with van der Waals surface area (Å²) >= 11 is 0. The summed E-state index contributed by atoms with van der Waals surface area (Å²) in [6.07, 6.45) is 5.16. The van der Waals surface area contributed by atoms with Crippen LogP contribution in [0.15, 0.2) is 24.3 Å². The Bertz CT molecular complexity index is 506. The highest BCUT2D eigenvalue weighted by Gasteiger charge is 2.43. The molecule has 1 N–H and O–H groups in total. The maximum atomic E-state index is 13.1. The standard InChI is InChI=1S/C16H21F3N2O2/c1-21(15(23)9-7-12-4-5-12)13(16(17,18)19)10-20-14(22)8-6-11-2-3-11/h6-9,11-13H,2-5,10H2,1H3,(H,20,22). The van der Waals surface area contributed by atoms with Gasteiger partial charge < -0.3 is 10.2 Å². The average molecular weight is 330 g/mol. The molecular weight excluding hydrogens is 309 g/mol. The number of nitrogens with one attached hydrogen (secondary N) is 1. The van der Waals surface area contributed by atoms with Gasteiger partial charge in [0.1, 0.15) is 6.04 Å². The SMILES string of the molecule is CN(C(=O)C=CC1CC1)C(CNC(=O)C=CC1CC1)C(F)(F)F. The number of halogens is 3. The van der Waals surface area contributed by atoms with Crippen LogP contribution in [-0.2, 0) is 9.59 Å². The van der Waals surface area contributed by atoms with E-state index in [1.165, 1.54) is 12.2 Å². The van der Waals surface area contributed by atoms with Crippen molar-refractivity contribution in [3.8, 4) is 0 Å². The van der Waals surface area contributed by atoms with Gasteiger partial charge in [-0.1, -0.05) is 12.2 Å². The molecule has 4 nitrogen and oxygen atoms in total. The van der Waals surface area contributed by atoms with E-state index in [4.69, 9.17) is 0 Å². The molecule has 2 rings (SSSR count). The zero-order valence-electron chi connectivity index (χ0n) is 13.0. The predicted octanol–water partition coefficient (Wildman–Crippen LogP) is 2.42. The number of carbonyl (C=O) groups excluding carboxylic acids is 2. The van der Waals surface area contributed by atoms with Crippen LogP contribution in [0.5, 0.6) is 0 Å². The molecule has 0 aromatic heterocycles. The van der Waals surface area contributed by atoms with Crippen LogP contribution < -0.4 is 5.32 Å². The summed E-state index contributed by atoms with van der Waals surface area (Å²) in [6.45, 7) is -0.656. The molecule has 2 fully saturated rings.